The Morgan fingerprint density at radius 1 is 1.08 bits per heavy atom. The van der Waals surface area contributed by atoms with Crippen LogP contribution in [0.5, 0.6) is 0 Å². The summed E-state index contributed by atoms with van der Waals surface area (Å²) in [5.74, 6) is 0.667. The summed E-state index contributed by atoms with van der Waals surface area (Å²) in [6, 6.07) is 7.22. The molecule has 4 rings (SSSR count). The average molecular weight is 516 g/mol. The van der Waals surface area contributed by atoms with Gasteiger partial charge in [0.1, 0.15) is 5.58 Å². The molecule has 11 heteroatoms. The summed E-state index contributed by atoms with van der Waals surface area (Å²) in [5.41, 5.74) is 1.45. The molecule has 2 saturated heterocycles. The monoisotopic (exact) mass is 515 g/mol. The molecule has 0 bridgehead atoms. The lowest BCUT2D eigenvalue weighted by Gasteiger charge is -2.16. The molecule has 4 amide bonds. The molecule has 194 valence electrons. The van der Waals surface area contributed by atoms with Gasteiger partial charge in [0.05, 0.1) is 18.5 Å². The van der Waals surface area contributed by atoms with Gasteiger partial charge in [0.25, 0.3) is 0 Å². The number of hydrogen-bond acceptors (Lipinski definition) is 7. The quantitative estimate of drug-likeness (QED) is 0.202. The Balaban J connectivity index is 1.13. The lowest BCUT2D eigenvalue weighted by atomic mass is 10.0. The van der Waals surface area contributed by atoms with Crippen LogP contribution in [0.15, 0.2) is 33.5 Å². The van der Waals surface area contributed by atoms with Crippen molar-refractivity contribution < 1.29 is 18.8 Å². The van der Waals surface area contributed by atoms with Crippen LogP contribution in [0.3, 0.4) is 0 Å². The second-order valence-electron chi connectivity index (χ2n) is 9.41. The number of fused-ring (bicyclic) bond motifs is 2. The number of nitrogens with one attached hydrogen (secondary N) is 4. The molecule has 3 unspecified atom stereocenters. The summed E-state index contributed by atoms with van der Waals surface area (Å²) >= 11 is 1.88. The van der Waals surface area contributed by atoms with E-state index < -0.39 is 5.63 Å². The highest BCUT2D eigenvalue weighted by atomic mass is 32.2. The van der Waals surface area contributed by atoms with E-state index in [2.05, 4.69) is 21.3 Å². The molecule has 0 radical (unpaired) electrons. The van der Waals surface area contributed by atoms with Crippen LogP contribution in [0.25, 0.3) is 11.0 Å². The van der Waals surface area contributed by atoms with E-state index in [-0.39, 0.29) is 36.3 Å². The third kappa shape index (κ3) is 6.51. The van der Waals surface area contributed by atoms with Gasteiger partial charge in [-0.05, 0) is 30.5 Å². The number of amides is 4. The minimum absolute atomic E-state index is 0.0413. The van der Waals surface area contributed by atoms with Crippen LogP contribution >= 0.6 is 11.8 Å². The predicted octanol–water partition coefficient (Wildman–Crippen LogP) is 1.36. The van der Waals surface area contributed by atoms with Crippen LogP contribution in [0.4, 0.5) is 10.5 Å². The summed E-state index contributed by atoms with van der Waals surface area (Å²) in [6.07, 6.45) is 3.17. The van der Waals surface area contributed by atoms with Crippen LogP contribution in [-0.2, 0) is 16.0 Å². The molecular formula is C25H33N5O5S. The number of unbranched alkanes of at least 4 members (excludes halogenated alkanes) is 1. The molecule has 4 N–H and O–H groups in total. The predicted molar refractivity (Wildman–Crippen MR) is 140 cm³/mol. The van der Waals surface area contributed by atoms with E-state index >= 15 is 0 Å². The Labute approximate surface area is 213 Å². The van der Waals surface area contributed by atoms with Crippen molar-refractivity contribution in [1.82, 2.24) is 21.3 Å². The van der Waals surface area contributed by atoms with Crippen LogP contribution < -0.4 is 31.8 Å². The van der Waals surface area contributed by atoms with Crippen molar-refractivity contribution >= 4 is 46.3 Å². The molecule has 2 aliphatic rings. The Hall–Kier alpha value is -3.21. The molecule has 2 aliphatic heterocycles. The Morgan fingerprint density at radius 3 is 2.64 bits per heavy atom. The molecule has 2 fully saturated rings. The third-order valence-electron chi connectivity index (χ3n) is 6.53. The number of thioether (sulfide) groups is 1. The maximum atomic E-state index is 12.4. The lowest BCUT2D eigenvalue weighted by Crippen LogP contribution is -2.36. The van der Waals surface area contributed by atoms with Gasteiger partial charge in [-0.2, -0.15) is 11.8 Å². The molecule has 0 aliphatic carbocycles. The van der Waals surface area contributed by atoms with E-state index in [1.165, 1.54) is 6.07 Å². The van der Waals surface area contributed by atoms with Crippen molar-refractivity contribution in [2.75, 3.05) is 37.8 Å². The van der Waals surface area contributed by atoms with Crippen molar-refractivity contribution in [2.45, 2.75) is 49.4 Å². The van der Waals surface area contributed by atoms with Crippen molar-refractivity contribution in [3.8, 4) is 0 Å². The van der Waals surface area contributed by atoms with Crippen molar-refractivity contribution in [2.24, 2.45) is 0 Å². The van der Waals surface area contributed by atoms with Gasteiger partial charge >= 0.3 is 11.7 Å². The first-order valence-corrected chi connectivity index (χ1v) is 13.3. The molecule has 36 heavy (non-hydrogen) atoms. The normalized spacial score (nSPS) is 20.5. The van der Waals surface area contributed by atoms with Gasteiger partial charge < -0.3 is 30.6 Å². The van der Waals surface area contributed by atoms with E-state index in [1.54, 1.807) is 6.07 Å². The highest BCUT2D eigenvalue weighted by Gasteiger charge is 2.42. The minimum Gasteiger partial charge on any atom is -0.423 e. The fraction of sp³-hybridized carbons (Fsp3) is 0.520. The third-order valence-corrected chi connectivity index (χ3v) is 8.04. The van der Waals surface area contributed by atoms with E-state index in [1.807, 2.05) is 42.9 Å². The summed E-state index contributed by atoms with van der Waals surface area (Å²) in [4.78, 5) is 49.9. The van der Waals surface area contributed by atoms with Gasteiger partial charge in [-0.15, -0.1) is 0 Å². The highest BCUT2D eigenvalue weighted by Crippen LogP contribution is 2.33. The van der Waals surface area contributed by atoms with Crippen molar-refractivity contribution in [3.63, 3.8) is 0 Å². The number of rotatable bonds is 11. The molecule has 1 aromatic carbocycles. The van der Waals surface area contributed by atoms with Gasteiger partial charge in [-0.25, -0.2) is 9.59 Å². The van der Waals surface area contributed by atoms with Crippen LogP contribution in [0.1, 0.15) is 31.2 Å². The minimum atomic E-state index is -0.496. The summed E-state index contributed by atoms with van der Waals surface area (Å²) in [7, 11) is 3.80. The van der Waals surface area contributed by atoms with Crippen LogP contribution in [0.2, 0.25) is 0 Å². The van der Waals surface area contributed by atoms with Gasteiger partial charge in [-0.1, -0.05) is 6.42 Å². The zero-order valence-electron chi connectivity index (χ0n) is 20.6. The van der Waals surface area contributed by atoms with E-state index in [0.717, 1.165) is 36.1 Å². The van der Waals surface area contributed by atoms with Gasteiger partial charge in [-0.3, -0.25) is 9.59 Å². The zero-order chi connectivity index (χ0) is 25.7. The number of urea groups is 1. The van der Waals surface area contributed by atoms with Crippen molar-refractivity contribution in [3.05, 3.63) is 40.2 Å². The molecule has 10 nitrogen and oxygen atoms in total. The molecular weight excluding hydrogens is 482 g/mol. The van der Waals surface area contributed by atoms with E-state index in [4.69, 9.17) is 4.42 Å². The highest BCUT2D eigenvalue weighted by molar-refractivity contribution is 8.00. The maximum Gasteiger partial charge on any atom is 0.336 e. The van der Waals surface area contributed by atoms with E-state index in [9.17, 15) is 19.2 Å². The zero-order valence-corrected chi connectivity index (χ0v) is 21.4. The lowest BCUT2D eigenvalue weighted by molar-refractivity contribution is -0.122. The number of hydrogen-bond donors (Lipinski definition) is 4. The average Bonchev–Trinajstić information content (AvgIpc) is 3.38. The Morgan fingerprint density at radius 2 is 1.86 bits per heavy atom. The number of carbonyl (C=O) groups is 3. The first kappa shape index (κ1) is 25.9. The number of nitrogens with zero attached hydrogens (tertiary/aromatic N) is 1. The molecule has 1 aromatic heterocycles. The summed E-state index contributed by atoms with van der Waals surface area (Å²) in [5, 5.41) is 12.7. The SMILES string of the molecule is CN(C)c1ccc2c(CC(=O)NCCNC(=O)CCCCC3SCC4NC(=O)NC43)cc(=O)oc2c1. The van der Waals surface area contributed by atoms with E-state index in [0.29, 0.717) is 35.9 Å². The molecule has 0 saturated carbocycles. The first-order chi connectivity index (χ1) is 17.3. The summed E-state index contributed by atoms with van der Waals surface area (Å²) in [6.45, 7) is 0.650. The molecule has 0 spiro atoms. The topological polar surface area (TPSA) is 133 Å². The second kappa shape index (κ2) is 11.7. The fourth-order valence-electron chi connectivity index (χ4n) is 4.64. The Bertz CT molecular complexity index is 1180. The maximum absolute atomic E-state index is 12.4. The van der Waals surface area contributed by atoms with Crippen LogP contribution in [-0.4, -0.2) is 68.1 Å². The van der Waals surface area contributed by atoms with Gasteiger partial charge in [0.15, 0.2) is 0 Å². The number of anilines is 1. The fourth-order valence-corrected chi connectivity index (χ4v) is 6.19. The smallest absolute Gasteiger partial charge is 0.336 e. The summed E-state index contributed by atoms with van der Waals surface area (Å²) < 4.78 is 5.31. The number of benzene rings is 1. The number of carbonyl (C=O) groups excluding carboxylic acids is 3. The van der Waals surface area contributed by atoms with Crippen molar-refractivity contribution in [1.29, 1.82) is 0 Å². The molecule has 3 atom stereocenters. The first-order valence-electron chi connectivity index (χ1n) is 12.3. The standard InChI is InChI=1S/C25H33N5O5S/c1-30(2)16-7-8-17-15(12-23(33)35-19(17)13-16)11-22(32)27-10-9-26-21(31)6-4-3-5-20-24-18(14-36-20)28-25(34)29-24/h7-8,12-13,18,20,24H,3-6,9-11,14H2,1-2H3,(H,26,31)(H,27,32)(H2,28,29,34). The largest absolute Gasteiger partial charge is 0.423 e. The van der Waals surface area contributed by atoms with Crippen LogP contribution in [0, 0.1) is 0 Å². The second-order valence-corrected chi connectivity index (χ2v) is 10.7. The van der Waals surface area contributed by atoms with Gasteiger partial charge in [0, 0.05) is 67.8 Å². The Kier molecular flexibility index (Phi) is 8.40. The molecule has 2 aromatic rings. The van der Waals surface area contributed by atoms with Gasteiger partial charge in [0.2, 0.25) is 11.8 Å². The molecule has 3 heterocycles.